The number of aromatic nitrogens is 1. The molecule has 128 valence electrons. The highest BCUT2D eigenvalue weighted by molar-refractivity contribution is 5.95. The molecule has 1 heterocycles. The van der Waals surface area contributed by atoms with Gasteiger partial charge in [0.15, 0.2) is 0 Å². The Bertz CT molecular complexity index is 769. The Morgan fingerprint density at radius 1 is 1.25 bits per heavy atom. The van der Waals surface area contributed by atoms with E-state index in [4.69, 9.17) is 0 Å². The van der Waals surface area contributed by atoms with E-state index in [0.717, 1.165) is 11.4 Å². The highest BCUT2D eigenvalue weighted by Gasteiger charge is 2.13. The van der Waals surface area contributed by atoms with Crippen molar-refractivity contribution >= 4 is 11.6 Å². The molecule has 0 saturated carbocycles. The van der Waals surface area contributed by atoms with Gasteiger partial charge in [-0.25, -0.2) is 4.39 Å². The summed E-state index contributed by atoms with van der Waals surface area (Å²) in [7, 11) is 1.91. The maximum Gasteiger partial charge on any atom is 0.261 e. The lowest BCUT2D eigenvalue weighted by Gasteiger charge is -2.19. The van der Waals surface area contributed by atoms with Crippen LogP contribution in [0.3, 0.4) is 0 Å². The number of halogens is 1. The van der Waals surface area contributed by atoms with Crippen LogP contribution in [0.15, 0.2) is 35.1 Å². The van der Waals surface area contributed by atoms with Crippen LogP contribution in [0.5, 0.6) is 0 Å². The third-order valence-electron chi connectivity index (χ3n) is 3.82. The van der Waals surface area contributed by atoms with Crippen LogP contribution < -0.4 is 15.8 Å². The molecule has 0 atom stereocenters. The van der Waals surface area contributed by atoms with Crippen molar-refractivity contribution in [1.82, 2.24) is 10.3 Å². The number of anilines is 1. The van der Waals surface area contributed by atoms with Crippen LogP contribution >= 0.6 is 0 Å². The topological polar surface area (TPSA) is 65.2 Å². The summed E-state index contributed by atoms with van der Waals surface area (Å²) >= 11 is 0. The molecule has 0 aliphatic carbocycles. The van der Waals surface area contributed by atoms with Gasteiger partial charge in [0.1, 0.15) is 11.4 Å². The lowest BCUT2D eigenvalue weighted by Crippen LogP contribution is -2.33. The van der Waals surface area contributed by atoms with Crippen LogP contribution in [0.1, 0.15) is 28.0 Å². The normalized spacial score (nSPS) is 10.5. The van der Waals surface area contributed by atoms with E-state index in [1.807, 2.05) is 11.9 Å². The molecule has 2 rings (SSSR count). The van der Waals surface area contributed by atoms with Crippen LogP contribution in [0, 0.1) is 19.7 Å². The summed E-state index contributed by atoms with van der Waals surface area (Å²) in [6, 6.07) is 8.03. The van der Waals surface area contributed by atoms with E-state index in [2.05, 4.69) is 10.3 Å². The van der Waals surface area contributed by atoms with Crippen molar-refractivity contribution in [3.05, 3.63) is 63.3 Å². The van der Waals surface area contributed by atoms with Gasteiger partial charge < -0.3 is 15.2 Å². The number of hydrogen-bond acceptors (Lipinski definition) is 3. The quantitative estimate of drug-likeness (QED) is 0.799. The highest BCUT2D eigenvalue weighted by Crippen LogP contribution is 2.13. The molecule has 0 aliphatic heterocycles. The molecule has 2 N–H and O–H groups in total. The smallest absolute Gasteiger partial charge is 0.261 e. The van der Waals surface area contributed by atoms with E-state index in [-0.39, 0.29) is 22.8 Å². The van der Waals surface area contributed by atoms with Gasteiger partial charge in [-0.3, -0.25) is 9.59 Å². The van der Waals surface area contributed by atoms with Gasteiger partial charge in [-0.2, -0.15) is 0 Å². The summed E-state index contributed by atoms with van der Waals surface area (Å²) in [5.41, 5.74) is 2.10. The first-order valence-electron chi connectivity index (χ1n) is 7.84. The van der Waals surface area contributed by atoms with Crippen molar-refractivity contribution in [3.8, 4) is 0 Å². The van der Waals surface area contributed by atoms with Gasteiger partial charge in [-0.05, 0) is 56.2 Å². The summed E-state index contributed by atoms with van der Waals surface area (Å²) in [6.45, 7) is 4.69. The van der Waals surface area contributed by atoms with Gasteiger partial charge in [0.05, 0.1) is 0 Å². The Morgan fingerprint density at radius 2 is 1.92 bits per heavy atom. The first kappa shape index (κ1) is 17.7. The zero-order chi connectivity index (χ0) is 17.7. The van der Waals surface area contributed by atoms with E-state index in [0.29, 0.717) is 25.1 Å². The minimum Gasteiger partial charge on any atom is -0.375 e. The summed E-state index contributed by atoms with van der Waals surface area (Å²) < 4.78 is 12.9. The van der Waals surface area contributed by atoms with Crippen LogP contribution in [0.4, 0.5) is 10.1 Å². The Morgan fingerprint density at radius 3 is 2.54 bits per heavy atom. The van der Waals surface area contributed by atoms with Gasteiger partial charge in [0.25, 0.3) is 11.5 Å². The molecule has 24 heavy (non-hydrogen) atoms. The maximum atomic E-state index is 12.9. The number of hydrogen-bond donors (Lipinski definition) is 2. The third kappa shape index (κ3) is 4.44. The van der Waals surface area contributed by atoms with E-state index >= 15 is 0 Å². The summed E-state index contributed by atoms with van der Waals surface area (Å²) in [5.74, 6) is -0.628. The molecule has 6 heteroatoms. The Kier molecular flexibility index (Phi) is 5.73. The molecule has 0 fully saturated rings. The average Bonchev–Trinajstić information content (AvgIpc) is 2.51. The number of carbonyl (C=O) groups is 1. The number of rotatable bonds is 6. The lowest BCUT2D eigenvalue weighted by atomic mass is 10.1. The molecule has 1 aromatic carbocycles. The molecule has 0 radical (unpaired) electrons. The zero-order valence-corrected chi connectivity index (χ0v) is 14.1. The minimum atomic E-state index is -0.367. The molecular weight excluding hydrogens is 309 g/mol. The second-order valence-corrected chi connectivity index (χ2v) is 5.85. The first-order chi connectivity index (χ1) is 11.4. The molecule has 0 aliphatic rings. The summed E-state index contributed by atoms with van der Waals surface area (Å²) in [6.07, 6.45) is 0.711. The van der Waals surface area contributed by atoms with E-state index in [9.17, 15) is 14.0 Å². The van der Waals surface area contributed by atoms with Crippen LogP contribution in [0.2, 0.25) is 0 Å². The standard InChI is InChI=1S/C18H22FN3O2/c1-12-11-13(2)21-18(24)16(12)17(23)20-9-4-10-22(3)15-7-5-14(19)6-8-15/h5-8,11H,4,9-10H2,1-3H3,(H,20,23)(H,21,24). The summed E-state index contributed by atoms with van der Waals surface area (Å²) in [5, 5.41) is 2.77. The first-order valence-corrected chi connectivity index (χ1v) is 7.84. The fourth-order valence-corrected chi connectivity index (χ4v) is 2.57. The van der Waals surface area contributed by atoms with Crippen LogP contribution in [0.25, 0.3) is 0 Å². The SMILES string of the molecule is Cc1cc(C)c(C(=O)NCCCN(C)c2ccc(F)cc2)c(=O)[nH]1. The third-order valence-corrected chi connectivity index (χ3v) is 3.82. The van der Waals surface area contributed by atoms with Gasteiger partial charge in [-0.15, -0.1) is 0 Å². The number of nitrogens with zero attached hydrogens (tertiary/aromatic N) is 1. The molecule has 0 spiro atoms. The van der Waals surface area contributed by atoms with Gasteiger partial charge in [-0.1, -0.05) is 0 Å². The fraction of sp³-hybridized carbons (Fsp3) is 0.333. The number of aryl methyl sites for hydroxylation is 2. The van der Waals surface area contributed by atoms with E-state index in [1.165, 1.54) is 12.1 Å². The van der Waals surface area contributed by atoms with Crippen molar-refractivity contribution < 1.29 is 9.18 Å². The van der Waals surface area contributed by atoms with E-state index in [1.54, 1.807) is 32.0 Å². The fourth-order valence-electron chi connectivity index (χ4n) is 2.57. The average molecular weight is 331 g/mol. The van der Waals surface area contributed by atoms with Crippen molar-refractivity contribution in [1.29, 1.82) is 0 Å². The Hall–Kier alpha value is -2.63. The number of amides is 1. The predicted octanol–water partition coefficient (Wildman–Crippen LogP) is 2.39. The molecule has 2 aromatic rings. The largest absolute Gasteiger partial charge is 0.375 e. The highest BCUT2D eigenvalue weighted by atomic mass is 19.1. The molecular formula is C18H22FN3O2. The second kappa shape index (κ2) is 7.77. The Balaban J connectivity index is 1.85. The predicted molar refractivity (Wildman–Crippen MR) is 93.2 cm³/mol. The van der Waals surface area contributed by atoms with Crippen molar-refractivity contribution in [3.63, 3.8) is 0 Å². The number of benzene rings is 1. The molecule has 1 aromatic heterocycles. The minimum absolute atomic E-state index is 0.160. The Labute approximate surface area is 140 Å². The molecule has 0 bridgehead atoms. The van der Waals surface area contributed by atoms with E-state index < -0.39 is 0 Å². The number of aromatic amines is 1. The van der Waals surface area contributed by atoms with Crippen LogP contribution in [-0.2, 0) is 0 Å². The zero-order valence-electron chi connectivity index (χ0n) is 14.1. The van der Waals surface area contributed by atoms with Crippen molar-refractivity contribution in [2.24, 2.45) is 0 Å². The van der Waals surface area contributed by atoms with Gasteiger partial charge in [0, 0.05) is 31.5 Å². The van der Waals surface area contributed by atoms with Gasteiger partial charge >= 0.3 is 0 Å². The maximum absolute atomic E-state index is 12.9. The van der Waals surface area contributed by atoms with Crippen molar-refractivity contribution in [2.75, 3.05) is 25.0 Å². The molecule has 0 saturated heterocycles. The van der Waals surface area contributed by atoms with Gasteiger partial charge in [0.2, 0.25) is 0 Å². The number of nitrogens with one attached hydrogen (secondary N) is 2. The van der Waals surface area contributed by atoms with Crippen LogP contribution in [-0.4, -0.2) is 31.0 Å². The lowest BCUT2D eigenvalue weighted by molar-refractivity contribution is 0.0951. The number of pyridine rings is 1. The molecule has 1 amide bonds. The second-order valence-electron chi connectivity index (χ2n) is 5.85. The number of carbonyl (C=O) groups excluding carboxylic acids is 1. The van der Waals surface area contributed by atoms with Crippen molar-refractivity contribution in [2.45, 2.75) is 20.3 Å². The molecule has 5 nitrogen and oxygen atoms in total. The number of H-pyrrole nitrogens is 1. The summed E-state index contributed by atoms with van der Waals surface area (Å²) in [4.78, 5) is 28.7. The molecule has 0 unspecified atom stereocenters. The monoisotopic (exact) mass is 331 g/mol.